The maximum absolute atomic E-state index is 13.0. The van der Waals surface area contributed by atoms with Crippen LogP contribution in [-0.4, -0.2) is 56.3 Å². The molecular formula is C22H23N3O5. The van der Waals surface area contributed by atoms with Crippen LogP contribution in [0.1, 0.15) is 22.8 Å². The second-order valence-corrected chi connectivity index (χ2v) is 7.06. The number of pyridine rings is 1. The Morgan fingerprint density at radius 2 is 1.80 bits per heavy atom. The van der Waals surface area contributed by atoms with Crippen LogP contribution in [0.25, 0.3) is 11.3 Å². The van der Waals surface area contributed by atoms with Gasteiger partial charge in [-0.3, -0.25) is 14.6 Å². The van der Waals surface area contributed by atoms with Crippen LogP contribution >= 0.6 is 0 Å². The molecule has 0 aliphatic carbocycles. The Bertz CT molecular complexity index is 971. The number of aliphatic hydroxyl groups is 1. The topological polar surface area (TPSA) is 117 Å². The normalized spacial score (nSPS) is 17.9. The molecule has 2 aromatic heterocycles. The van der Waals surface area contributed by atoms with E-state index < -0.39 is 12.1 Å². The number of aliphatic hydroxyl groups excluding tert-OH is 1. The average molecular weight is 409 g/mol. The summed E-state index contributed by atoms with van der Waals surface area (Å²) in [5, 5.41) is 21.8. The van der Waals surface area contributed by atoms with Crippen LogP contribution in [0, 0.1) is 5.92 Å². The summed E-state index contributed by atoms with van der Waals surface area (Å²) in [6.07, 6.45) is 5.02. The number of hydrogen-bond donors (Lipinski definition) is 2. The molecule has 1 aromatic carbocycles. The Hall–Kier alpha value is -3.52. The number of hydrogen-bond acceptors (Lipinski definition) is 6. The lowest BCUT2D eigenvalue weighted by molar-refractivity contribution is -0.134. The van der Waals surface area contributed by atoms with E-state index in [-0.39, 0.29) is 11.8 Å². The summed E-state index contributed by atoms with van der Waals surface area (Å²) in [5.41, 5.74) is 2.89. The zero-order valence-corrected chi connectivity index (χ0v) is 16.5. The molecule has 0 spiro atoms. The lowest BCUT2D eigenvalue weighted by Gasteiger charge is -2.15. The molecule has 30 heavy (non-hydrogen) atoms. The van der Waals surface area contributed by atoms with Crippen molar-refractivity contribution in [2.24, 2.45) is 5.92 Å². The fraction of sp³-hybridized carbons (Fsp3) is 0.273. The van der Waals surface area contributed by atoms with Gasteiger partial charge in [0.25, 0.3) is 11.9 Å². The van der Waals surface area contributed by atoms with Gasteiger partial charge in [0.1, 0.15) is 17.5 Å². The van der Waals surface area contributed by atoms with Crippen LogP contribution in [0.5, 0.6) is 0 Å². The minimum absolute atomic E-state index is 0.00128. The fourth-order valence-electron chi connectivity index (χ4n) is 3.41. The van der Waals surface area contributed by atoms with Gasteiger partial charge in [-0.05, 0) is 24.1 Å². The Morgan fingerprint density at radius 3 is 2.47 bits per heavy atom. The number of benzene rings is 1. The highest BCUT2D eigenvalue weighted by atomic mass is 16.5. The van der Waals surface area contributed by atoms with E-state index in [9.17, 15) is 9.90 Å². The number of amides is 1. The molecule has 1 aliphatic heterocycles. The van der Waals surface area contributed by atoms with Crippen molar-refractivity contribution in [2.45, 2.75) is 19.4 Å². The van der Waals surface area contributed by atoms with E-state index in [1.54, 1.807) is 17.3 Å². The minimum Gasteiger partial charge on any atom is -0.481 e. The molecule has 2 N–H and O–H groups in total. The highest BCUT2D eigenvalue weighted by molar-refractivity contribution is 5.99. The lowest BCUT2D eigenvalue weighted by atomic mass is 9.97. The first-order valence-electron chi connectivity index (χ1n) is 9.51. The molecule has 1 saturated heterocycles. The molecule has 1 amide bonds. The maximum atomic E-state index is 13.0. The number of carbonyl (C=O) groups excluding carboxylic acids is 1. The monoisotopic (exact) mass is 409 g/mol. The highest BCUT2D eigenvalue weighted by Crippen LogP contribution is 2.27. The van der Waals surface area contributed by atoms with Gasteiger partial charge in [-0.15, -0.1) is 0 Å². The van der Waals surface area contributed by atoms with Gasteiger partial charge in [0, 0.05) is 43.9 Å². The highest BCUT2D eigenvalue weighted by Gasteiger charge is 2.35. The molecular weight excluding hydrogens is 386 g/mol. The second-order valence-electron chi connectivity index (χ2n) is 7.06. The lowest BCUT2D eigenvalue weighted by Crippen LogP contribution is -2.29. The number of nitrogens with zero attached hydrogens (tertiary/aromatic N) is 3. The van der Waals surface area contributed by atoms with Crippen molar-refractivity contribution < 1.29 is 24.3 Å². The zero-order valence-electron chi connectivity index (χ0n) is 16.5. The van der Waals surface area contributed by atoms with E-state index >= 15 is 0 Å². The van der Waals surface area contributed by atoms with Crippen molar-refractivity contribution in [3.05, 3.63) is 72.2 Å². The quantitative estimate of drug-likeness (QED) is 0.680. The molecule has 1 fully saturated rings. The predicted octanol–water partition coefficient (Wildman–Crippen LogP) is 2.50. The van der Waals surface area contributed by atoms with Crippen LogP contribution in [0.2, 0.25) is 0 Å². The molecule has 2 atom stereocenters. The summed E-state index contributed by atoms with van der Waals surface area (Å²) in [6.45, 7) is 1.90. The molecule has 3 heterocycles. The van der Waals surface area contributed by atoms with E-state index in [1.807, 2.05) is 42.5 Å². The molecule has 1 aliphatic rings. The van der Waals surface area contributed by atoms with Gasteiger partial charge >= 0.3 is 0 Å². The van der Waals surface area contributed by atoms with Crippen molar-refractivity contribution in [1.29, 1.82) is 0 Å². The van der Waals surface area contributed by atoms with Crippen LogP contribution < -0.4 is 0 Å². The summed E-state index contributed by atoms with van der Waals surface area (Å²) in [5.74, 6) is -0.997. The molecule has 0 saturated carbocycles. The van der Waals surface area contributed by atoms with Gasteiger partial charge in [0.15, 0.2) is 0 Å². The van der Waals surface area contributed by atoms with E-state index in [2.05, 4.69) is 10.1 Å². The summed E-state index contributed by atoms with van der Waals surface area (Å²) in [4.78, 5) is 27.6. The summed E-state index contributed by atoms with van der Waals surface area (Å²) in [6, 6.07) is 13.3. The number of β-amino-alcohol motifs (C(OH)–C–C–N with tert-alkyl or cyclic N) is 1. The van der Waals surface area contributed by atoms with E-state index in [0.717, 1.165) is 18.1 Å². The molecule has 0 unspecified atom stereocenters. The van der Waals surface area contributed by atoms with Gasteiger partial charge in [-0.25, -0.2) is 0 Å². The fourth-order valence-corrected chi connectivity index (χ4v) is 3.41. The van der Waals surface area contributed by atoms with Crippen molar-refractivity contribution >= 4 is 11.9 Å². The SMILES string of the molecule is CC(=O)O.O=C(c1conc1-c1ccccc1)N1C[C@@H](Cc2ccncc2)[C@H](O)C1. The number of carboxylic acids is 1. The summed E-state index contributed by atoms with van der Waals surface area (Å²) in [7, 11) is 0. The van der Waals surface area contributed by atoms with Crippen LogP contribution in [0.15, 0.2) is 65.6 Å². The van der Waals surface area contributed by atoms with Gasteiger partial charge in [0.05, 0.1) is 6.10 Å². The molecule has 8 heteroatoms. The molecule has 156 valence electrons. The Kier molecular flexibility index (Phi) is 6.92. The van der Waals surface area contributed by atoms with Gasteiger partial charge in [-0.1, -0.05) is 35.5 Å². The first kappa shape index (κ1) is 21.2. The van der Waals surface area contributed by atoms with Crippen molar-refractivity contribution in [1.82, 2.24) is 15.0 Å². The van der Waals surface area contributed by atoms with Crippen molar-refractivity contribution in [3.63, 3.8) is 0 Å². The Balaban J connectivity index is 0.000000589. The second kappa shape index (κ2) is 9.80. The Labute approximate surface area is 173 Å². The minimum atomic E-state index is -0.833. The number of aliphatic carboxylic acids is 1. The summed E-state index contributed by atoms with van der Waals surface area (Å²) < 4.78 is 5.06. The molecule has 3 aromatic rings. The van der Waals surface area contributed by atoms with Gasteiger partial charge in [-0.2, -0.15) is 0 Å². The van der Waals surface area contributed by atoms with E-state index in [1.165, 1.54) is 6.26 Å². The average Bonchev–Trinajstić information content (AvgIpc) is 3.36. The third-order valence-electron chi connectivity index (χ3n) is 4.79. The van der Waals surface area contributed by atoms with Crippen LogP contribution in [0.4, 0.5) is 0 Å². The van der Waals surface area contributed by atoms with E-state index in [4.69, 9.17) is 14.4 Å². The molecule has 4 rings (SSSR count). The van der Waals surface area contributed by atoms with Gasteiger partial charge in [0.2, 0.25) is 0 Å². The zero-order chi connectivity index (χ0) is 21.5. The Morgan fingerprint density at radius 1 is 1.13 bits per heavy atom. The van der Waals surface area contributed by atoms with E-state index in [0.29, 0.717) is 30.8 Å². The number of rotatable bonds is 4. The van der Waals surface area contributed by atoms with Crippen molar-refractivity contribution in [3.8, 4) is 11.3 Å². The molecule has 0 radical (unpaired) electrons. The smallest absolute Gasteiger partial charge is 0.300 e. The standard InChI is InChI=1S/C20H19N3O3.C2H4O2/c24-18-12-23(11-16(18)10-14-6-8-21-9-7-14)20(25)17-13-26-22-19(17)15-4-2-1-3-5-15;1-2(3)4/h1-9,13,16,18,24H,10-12H2;1H3,(H,3,4)/t16-,18-;/m1./s1. The first-order chi connectivity index (χ1) is 14.5. The van der Waals surface area contributed by atoms with Gasteiger partial charge < -0.3 is 19.6 Å². The third kappa shape index (κ3) is 5.30. The predicted molar refractivity (Wildman–Crippen MR) is 109 cm³/mol. The number of aromatic nitrogens is 2. The number of carbonyl (C=O) groups is 2. The third-order valence-corrected chi connectivity index (χ3v) is 4.79. The van der Waals surface area contributed by atoms with Crippen molar-refractivity contribution in [2.75, 3.05) is 13.1 Å². The molecule has 0 bridgehead atoms. The first-order valence-corrected chi connectivity index (χ1v) is 9.51. The maximum Gasteiger partial charge on any atom is 0.300 e. The number of carboxylic acid groups (broad SMARTS) is 1. The van der Waals surface area contributed by atoms with Crippen LogP contribution in [0.3, 0.4) is 0 Å². The summed E-state index contributed by atoms with van der Waals surface area (Å²) >= 11 is 0. The largest absolute Gasteiger partial charge is 0.481 e. The molecule has 8 nitrogen and oxygen atoms in total. The number of likely N-dealkylation sites (tertiary alicyclic amines) is 1. The van der Waals surface area contributed by atoms with Crippen LogP contribution in [-0.2, 0) is 11.2 Å².